The van der Waals surface area contributed by atoms with Crippen LogP contribution >= 0.6 is 0 Å². The zero-order valence-corrected chi connectivity index (χ0v) is 18.7. The molecule has 1 aromatic carbocycles. The number of aromatic nitrogens is 6. The molecular formula is C22H17FN6O4S. The highest BCUT2D eigenvalue weighted by atomic mass is 32.2. The second kappa shape index (κ2) is 8.23. The number of sulfone groups is 1. The molecule has 1 N–H and O–H groups in total. The first-order valence-corrected chi connectivity index (χ1v) is 11.8. The van der Waals surface area contributed by atoms with E-state index in [0.29, 0.717) is 22.6 Å². The fourth-order valence-electron chi connectivity index (χ4n) is 3.18. The highest BCUT2D eigenvalue weighted by Gasteiger charge is 2.17. The zero-order valence-electron chi connectivity index (χ0n) is 17.9. The maximum atomic E-state index is 14.2. The number of nitrogens with one attached hydrogen (secondary N) is 1. The van der Waals surface area contributed by atoms with Gasteiger partial charge in [0.05, 0.1) is 17.2 Å². The van der Waals surface area contributed by atoms with Gasteiger partial charge in [0.1, 0.15) is 11.4 Å². The lowest BCUT2D eigenvalue weighted by Crippen LogP contribution is -2.00. The van der Waals surface area contributed by atoms with E-state index in [1.165, 1.54) is 30.6 Å². The van der Waals surface area contributed by atoms with Gasteiger partial charge in [-0.3, -0.25) is 4.68 Å². The number of benzene rings is 1. The van der Waals surface area contributed by atoms with Gasteiger partial charge >= 0.3 is 0 Å². The van der Waals surface area contributed by atoms with Gasteiger partial charge in [-0.25, -0.2) is 23.4 Å². The molecule has 0 unspecified atom stereocenters. The van der Waals surface area contributed by atoms with Crippen LogP contribution in [0.1, 0.15) is 0 Å². The van der Waals surface area contributed by atoms with E-state index in [1.807, 2.05) is 6.07 Å². The van der Waals surface area contributed by atoms with Crippen LogP contribution in [-0.4, -0.2) is 44.4 Å². The summed E-state index contributed by atoms with van der Waals surface area (Å²) >= 11 is 0. The molecule has 0 amide bonds. The Hall–Kier alpha value is -4.32. The van der Waals surface area contributed by atoms with Crippen molar-refractivity contribution >= 4 is 20.9 Å². The number of nitrogens with zero attached hydrogens (tertiary/aromatic N) is 5. The molecule has 0 saturated carbocycles. The van der Waals surface area contributed by atoms with Gasteiger partial charge in [-0.1, -0.05) is 0 Å². The van der Waals surface area contributed by atoms with E-state index in [1.54, 1.807) is 36.1 Å². The van der Waals surface area contributed by atoms with Gasteiger partial charge in [-0.2, -0.15) is 9.49 Å². The minimum Gasteiger partial charge on any atom is -0.452 e. The molecule has 0 saturated heterocycles. The third-order valence-corrected chi connectivity index (χ3v) is 5.77. The Morgan fingerprint density at radius 2 is 1.85 bits per heavy atom. The van der Waals surface area contributed by atoms with Crippen LogP contribution in [0.5, 0.6) is 23.0 Å². The third kappa shape index (κ3) is 4.30. The molecular weight excluding hydrogens is 463 g/mol. The van der Waals surface area contributed by atoms with Crippen molar-refractivity contribution in [1.29, 1.82) is 0 Å². The van der Waals surface area contributed by atoms with Gasteiger partial charge in [-0.15, -0.1) is 0 Å². The Bertz CT molecular complexity index is 1610. The van der Waals surface area contributed by atoms with Crippen molar-refractivity contribution in [3.8, 4) is 34.5 Å². The number of pyridine rings is 2. The van der Waals surface area contributed by atoms with Crippen molar-refractivity contribution in [3.63, 3.8) is 0 Å². The lowest BCUT2D eigenvalue weighted by Gasteiger charge is -2.12. The molecule has 10 nitrogen and oxygen atoms in total. The van der Waals surface area contributed by atoms with E-state index in [-0.39, 0.29) is 28.0 Å². The molecule has 0 aliphatic carbocycles. The Kier molecular flexibility index (Phi) is 5.21. The molecule has 0 radical (unpaired) electrons. The summed E-state index contributed by atoms with van der Waals surface area (Å²) in [5.74, 6) is 0.298. The lowest BCUT2D eigenvalue weighted by atomic mass is 10.2. The minimum atomic E-state index is -3.46. The van der Waals surface area contributed by atoms with Gasteiger partial charge in [0, 0.05) is 37.8 Å². The van der Waals surface area contributed by atoms with Crippen molar-refractivity contribution in [3.05, 3.63) is 67.0 Å². The standard InChI is InChI=1S/C22H17FN6O4S/c1-29-9-7-14(28-29)22-26-15-10-18(32-13-5-6-20(25-12-13)34(2,30)31)19(11-16(15)27-22)33-17-4-3-8-24-21(17)23/h3-12H,1-2H3,(H,26,27). The van der Waals surface area contributed by atoms with E-state index in [2.05, 4.69) is 25.0 Å². The molecule has 4 aromatic heterocycles. The molecule has 172 valence electrons. The van der Waals surface area contributed by atoms with Crippen molar-refractivity contribution in [2.24, 2.45) is 7.05 Å². The summed E-state index contributed by atoms with van der Waals surface area (Å²) in [4.78, 5) is 15.3. The molecule has 5 aromatic rings. The fourth-order valence-corrected chi connectivity index (χ4v) is 3.74. The summed E-state index contributed by atoms with van der Waals surface area (Å²) in [6.45, 7) is 0. The van der Waals surface area contributed by atoms with Crippen LogP contribution in [0.3, 0.4) is 0 Å². The number of aromatic amines is 1. The maximum absolute atomic E-state index is 14.2. The SMILES string of the molecule is Cn1ccc(-c2nc3cc(Oc4cccnc4F)c(Oc4ccc(S(C)(=O)=O)nc4)cc3[nH]2)n1. The number of H-pyrrole nitrogens is 1. The van der Waals surface area contributed by atoms with E-state index in [4.69, 9.17) is 9.47 Å². The Morgan fingerprint density at radius 3 is 2.53 bits per heavy atom. The summed E-state index contributed by atoms with van der Waals surface area (Å²) in [5, 5.41) is 4.26. The first-order valence-electron chi connectivity index (χ1n) is 9.92. The first kappa shape index (κ1) is 21.5. The smallest absolute Gasteiger partial charge is 0.255 e. The Labute approximate surface area is 193 Å². The maximum Gasteiger partial charge on any atom is 0.255 e. The molecule has 0 atom stereocenters. The lowest BCUT2D eigenvalue weighted by molar-refractivity contribution is 0.395. The summed E-state index contributed by atoms with van der Waals surface area (Å²) in [7, 11) is -1.66. The minimum absolute atomic E-state index is 0.0854. The van der Waals surface area contributed by atoms with E-state index >= 15 is 0 Å². The predicted octanol–water partition coefficient (Wildman–Crippen LogP) is 3.88. The molecule has 4 heterocycles. The third-order valence-electron chi connectivity index (χ3n) is 4.77. The highest BCUT2D eigenvalue weighted by Crippen LogP contribution is 2.38. The van der Waals surface area contributed by atoms with Gasteiger partial charge in [0.15, 0.2) is 37.9 Å². The normalized spacial score (nSPS) is 11.6. The van der Waals surface area contributed by atoms with Crippen molar-refractivity contribution in [2.45, 2.75) is 5.03 Å². The summed E-state index contributed by atoms with van der Waals surface area (Å²) in [6, 6.07) is 10.8. The number of imidazole rings is 1. The number of hydrogen-bond acceptors (Lipinski definition) is 8. The number of rotatable bonds is 6. The average molecular weight is 480 g/mol. The predicted molar refractivity (Wildman–Crippen MR) is 120 cm³/mol. The molecule has 0 bridgehead atoms. The van der Waals surface area contributed by atoms with Gasteiger partial charge in [0.25, 0.3) is 5.95 Å². The van der Waals surface area contributed by atoms with E-state index in [0.717, 1.165) is 6.26 Å². The van der Waals surface area contributed by atoms with Crippen molar-refractivity contribution in [1.82, 2.24) is 29.7 Å². The largest absolute Gasteiger partial charge is 0.452 e. The van der Waals surface area contributed by atoms with Crippen LogP contribution in [0, 0.1) is 5.95 Å². The van der Waals surface area contributed by atoms with Gasteiger partial charge in [-0.05, 0) is 30.3 Å². The monoisotopic (exact) mass is 480 g/mol. The fraction of sp³-hybridized carbons (Fsp3) is 0.0909. The number of hydrogen-bond donors (Lipinski definition) is 1. The van der Waals surface area contributed by atoms with Crippen LogP contribution in [0.4, 0.5) is 4.39 Å². The summed E-state index contributed by atoms with van der Waals surface area (Å²) in [5.41, 5.74) is 1.80. The first-order chi connectivity index (χ1) is 16.3. The molecule has 0 spiro atoms. The molecule has 0 aliphatic rings. The van der Waals surface area contributed by atoms with E-state index < -0.39 is 15.8 Å². The molecule has 34 heavy (non-hydrogen) atoms. The van der Waals surface area contributed by atoms with E-state index in [9.17, 15) is 12.8 Å². The summed E-state index contributed by atoms with van der Waals surface area (Å²) < 4.78 is 50.9. The summed E-state index contributed by atoms with van der Waals surface area (Å²) in [6.07, 6.45) is 5.45. The second-order valence-electron chi connectivity index (χ2n) is 7.38. The average Bonchev–Trinajstić information content (AvgIpc) is 3.41. The quantitative estimate of drug-likeness (QED) is 0.363. The number of fused-ring (bicyclic) bond motifs is 1. The van der Waals surface area contributed by atoms with Crippen LogP contribution in [0.15, 0.2) is 66.1 Å². The molecule has 0 fully saturated rings. The van der Waals surface area contributed by atoms with Crippen molar-refractivity contribution in [2.75, 3.05) is 6.26 Å². The van der Waals surface area contributed by atoms with Crippen LogP contribution in [-0.2, 0) is 16.9 Å². The second-order valence-corrected chi connectivity index (χ2v) is 9.34. The molecule has 12 heteroatoms. The van der Waals surface area contributed by atoms with Crippen LogP contribution in [0.2, 0.25) is 0 Å². The topological polar surface area (TPSA) is 125 Å². The van der Waals surface area contributed by atoms with Gasteiger partial charge < -0.3 is 14.5 Å². The number of ether oxygens (including phenoxy) is 2. The number of halogens is 1. The Morgan fingerprint density at radius 1 is 1.03 bits per heavy atom. The highest BCUT2D eigenvalue weighted by molar-refractivity contribution is 7.90. The van der Waals surface area contributed by atoms with Gasteiger partial charge in [0.2, 0.25) is 0 Å². The number of aryl methyl sites for hydroxylation is 1. The van der Waals surface area contributed by atoms with Crippen molar-refractivity contribution < 1.29 is 22.3 Å². The molecule has 0 aliphatic heterocycles. The zero-order chi connectivity index (χ0) is 23.9. The van der Waals surface area contributed by atoms with Crippen LogP contribution in [0.25, 0.3) is 22.6 Å². The molecule has 5 rings (SSSR count). The Balaban J connectivity index is 1.57. The van der Waals surface area contributed by atoms with Crippen LogP contribution < -0.4 is 9.47 Å².